The third kappa shape index (κ3) is 14.6. The normalized spacial score (nSPS) is 14.1. The molecule has 0 fully saturated rings. The molecule has 14 N–H and O–H groups in total. The first-order valence-electron chi connectivity index (χ1n) is 12.2. The number of unbranched alkanes of at least 4 members (excludes halogenated alkanes) is 1. The fourth-order valence-electron chi connectivity index (χ4n) is 3.29. The van der Waals surface area contributed by atoms with E-state index in [2.05, 4.69) is 20.9 Å². The number of nitrogens with zero attached hydrogens (tertiary/aromatic N) is 1. The highest BCUT2D eigenvalue weighted by atomic mass is 16.4. The Hall–Kier alpha value is -3.46. The zero-order valence-corrected chi connectivity index (χ0v) is 21.6. The largest absolute Gasteiger partial charge is 0.480 e. The highest BCUT2D eigenvalue weighted by Crippen LogP contribution is 2.08. The van der Waals surface area contributed by atoms with Crippen LogP contribution in [0.2, 0.25) is 0 Å². The van der Waals surface area contributed by atoms with Crippen LogP contribution in [0.25, 0.3) is 0 Å². The summed E-state index contributed by atoms with van der Waals surface area (Å²) in [6, 6.07) is -4.41. The maximum absolute atomic E-state index is 13.1. The van der Waals surface area contributed by atoms with Crippen LogP contribution < -0.4 is 44.6 Å². The van der Waals surface area contributed by atoms with Gasteiger partial charge in [0.05, 0.1) is 6.04 Å². The molecule has 15 nitrogen and oxygen atoms in total. The van der Waals surface area contributed by atoms with Gasteiger partial charge in [0.2, 0.25) is 23.6 Å². The third-order valence-corrected chi connectivity index (χ3v) is 5.43. The van der Waals surface area contributed by atoms with Crippen LogP contribution >= 0.6 is 0 Å². The van der Waals surface area contributed by atoms with Crippen molar-refractivity contribution in [3.63, 3.8) is 0 Å². The fraction of sp³-hybridized carbons (Fsp3) is 0.727. The summed E-state index contributed by atoms with van der Waals surface area (Å²) in [6.07, 6.45) is 1.75. The van der Waals surface area contributed by atoms with E-state index < -0.39 is 59.7 Å². The molecule has 0 aromatic heterocycles. The van der Waals surface area contributed by atoms with E-state index in [1.807, 2.05) is 0 Å². The molecule has 0 aliphatic carbocycles. The van der Waals surface area contributed by atoms with E-state index in [4.69, 9.17) is 28.7 Å². The van der Waals surface area contributed by atoms with Crippen LogP contribution in [0.5, 0.6) is 0 Å². The van der Waals surface area contributed by atoms with Crippen LogP contribution in [0.15, 0.2) is 4.99 Å². The van der Waals surface area contributed by atoms with Crippen LogP contribution in [0.4, 0.5) is 0 Å². The minimum Gasteiger partial charge on any atom is -0.480 e. The number of carboxylic acid groups (broad SMARTS) is 1. The molecule has 0 spiro atoms. The summed E-state index contributed by atoms with van der Waals surface area (Å²) < 4.78 is 0. The second kappa shape index (κ2) is 17.9. The van der Waals surface area contributed by atoms with Crippen LogP contribution in [0.1, 0.15) is 58.8 Å². The van der Waals surface area contributed by atoms with Gasteiger partial charge in [0, 0.05) is 13.0 Å². The highest BCUT2D eigenvalue weighted by molar-refractivity contribution is 5.94. The van der Waals surface area contributed by atoms with E-state index in [-0.39, 0.29) is 31.8 Å². The van der Waals surface area contributed by atoms with Crippen molar-refractivity contribution < 1.29 is 29.1 Å². The van der Waals surface area contributed by atoms with Gasteiger partial charge in [0.15, 0.2) is 5.96 Å². The summed E-state index contributed by atoms with van der Waals surface area (Å²) in [6.45, 7) is 3.99. The highest BCUT2D eigenvalue weighted by Gasteiger charge is 2.31. The topological polar surface area (TPSA) is 284 Å². The van der Waals surface area contributed by atoms with E-state index in [0.717, 1.165) is 0 Å². The molecule has 0 bridgehead atoms. The Kier molecular flexibility index (Phi) is 16.2. The molecule has 15 heteroatoms. The molecule has 0 aliphatic heterocycles. The lowest BCUT2D eigenvalue weighted by molar-refractivity contribution is -0.143. The minimum absolute atomic E-state index is 0.118. The van der Waals surface area contributed by atoms with E-state index in [9.17, 15) is 29.1 Å². The van der Waals surface area contributed by atoms with Crippen molar-refractivity contribution in [2.45, 2.75) is 83.0 Å². The average molecular weight is 530 g/mol. The van der Waals surface area contributed by atoms with Crippen molar-refractivity contribution in [1.82, 2.24) is 16.0 Å². The van der Waals surface area contributed by atoms with Gasteiger partial charge in [0.1, 0.15) is 18.1 Å². The van der Waals surface area contributed by atoms with Crippen molar-refractivity contribution >= 4 is 35.6 Å². The van der Waals surface area contributed by atoms with E-state index in [1.165, 1.54) is 0 Å². The fourth-order valence-corrected chi connectivity index (χ4v) is 3.29. The number of aliphatic imine (C=N–C) groups is 1. The molecular formula is C22H43N9O6. The summed E-state index contributed by atoms with van der Waals surface area (Å²) in [4.78, 5) is 64.9. The Bertz CT molecular complexity index is 802. The number of nitrogens with one attached hydrogen (secondary N) is 3. The maximum Gasteiger partial charge on any atom is 0.326 e. The SMILES string of the molecule is CC(C)C(NC(=O)C(CCCN=C(N)N)NC(=O)C(N)CCCCN)C(=O)NC(CCC(N)=O)C(=O)O. The second-order valence-corrected chi connectivity index (χ2v) is 9.04. The first-order valence-corrected chi connectivity index (χ1v) is 12.2. The molecule has 4 unspecified atom stereocenters. The van der Waals surface area contributed by atoms with Crippen LogP contribution in [-0.4, -0.2) is 77.9 Å². The third-order valence-electron chi connectivity index (χ3n) is 5.43. The number of carboxylic acids is 1. The predicted octanol–water partition coefficient (Wildman–Crippen LogP) is -3.04. The van der Waals surface area contributed by atoms with Crippen molar-refractivity contribution in [3.8, 4) is 0 Å². The number of aliphatic carboxylic acids is 1. The lowest BCUT2D eigenvalue weighted by atomic mass is 10.0. The lowest BCUT2D eigenvalue weighted by Gasteiger charge is -2.27. The van der Waals surface area contributed by atoms with E-state index in [1.54, 1.807) is 13.8 Å². The summed E-state index contributed by atoms with van der Waals surface area (Å²) in [7, 11) is 0. The number of nitrogens with two attached hydrogens (primary N) is 5. The van der Waals surface area contributed by atoms with Gasteiger partial charge in [-0.25, -0.2) is 4.79 Å². The van der Waals surface area contributed by atoms with E-state index >= 15 is 0 Å². The molecule has 0 saturated carbocycles. The molecule has 4 atom stereocenters. The number of carbonyl (C=O) groups is 5. The number of hydrogen-bond acceptors (Lipinski definition) is 8. The molecule has 0 aromatic carbocycles. The molecule has 4 amide bonds. The quantitative estimate of drug-likeness (QED) is 0.0463. The van der Waals surface area contributed by atoms with Crippen molar-refractivity contribution in [2.75, 3.05) is 13.1 Å². The lowest BCUT2D eigenvalue weighted by Crippen LogP contribution is -2.58. The zero-order valence-electron chi connectivity index (χ0n) is 21.6. The van der Waals surface area contributed by atoms with Crippen molar-refractivity contribution in [3.05, 3.63) is 0 Å². The summed E-state index contributed by atoms with van der Waals surface area (Å²) in [5.74, 6) is -4.58. The van der Waals surface area contributed by atoms with Gasteiger partial charge in [0.25, 0.3) is 0 Å². The standard InChI is InChI=1S/C22H43N9O6/c1-12(2)17(20(35)30-15(21(36)37)8-9-16(25)32)31-19(34)14(7-5-11-28-22(26)27)29-18(33)13(24)6-3-4-10-23/h12-15,17H,3-11,23-24H2,1-2H3,(H2,25,32)(H,29,33)(H,30,35)(H,31,34)(H,36,37)(H4,26,27,28). The number of hydrogen-bond donors (Lipinski definition) is 9. The summed E-state index contributed by atoms with van der Waals surface area (Å²) >= 11 is 0. The van der Waals surface area contributed by atoms with Crippen LogP contribution in [-0.2, 0) is 24.0 Å². The number of carbonyl (C=O) groups excluding carboxylic acids is 4. The molecule has 212 valence electrons. The first kappa shape index (κ1) is 33.5. The molecule has 0 aliphatic rings. The number of primary amides is 1. The van der Waals surface area contributed by atoms with Crippen molar-refractivity contribution in [1.29, 1.82) is 0 Å². The molecule has 0 heterocycles. The Labute approximate surface area is 216 Å². The molecule has 0 aromatic rings. The Morgan fingerprint density at radius 2 is 1.43 bits per heavy atom. The summed E-state index contributed by atoms with van der Waals surface area (Å²) in [5, 5.41) is 16.9. The first-order chi connectivity index (χ1) is 17.3. The van der Waals surface area contributed by atoms with Gasteiger partial charge in [-0.2, -0.15) is 0 Å². The minimum atomic E-state index is -1.38. The Morgan fingerprint density at radius 1 is 0.811 bits per heavy atom. The number of guanidine groups is 1. The zero-order chi connectivity index (χ0) is 28.5. The smallest absolute Gasteiger partial charge is 0.326 e. The van der Waals surface area contributed by atoms with Gasteiger partial charge < -0.3 is 49.7 Å². The van der Waals surface area contributed by atoms with Gasteiger partial charge in [-0.1, -0.05) is 20.3 Å². The van der Waals surface area contributed by atoms with Gasteiger partial charge in [-0.05, 0) is 44.6 Å². The summed E-state index contributed by atoms with van der Waals surface area (Å²) in [5.41, 5.74) is 27.1. The molecule has 0 radical (unpaired) electrons. The predicted molar refractivity (Wildman–Crippen MR) is 137 cm³/mol. The second-order valence-electron chi connectivity index (χ2n) is 9.04. The van der Waals surface area contributed by atoms with Crippen LogP contribution in [0, 0.1) is 5.92 Å². The number of rotatable bonds is 19. The van der Waals surface area contributed by atoms with Gasteiger partial charge in [-0.15, -0.1) is 0 Å². The maximum atomic E-state index is 13.1. The van der Waals surface area contributed by atoms with E-state index in [0.29, 0.717) is 32.2 Å². The van der Waals surface area contributed by atoms with Gasteiger partial charge in [-0.3, -0.25) is 24.2 Å². The average Bonchev–Trinajstić information content (AvgIpc) is 2.80. The monoisotopic (exact) mass is 529 g/mol. The van der Waals surface area contributed by atoms with Crippen LogP contribution in [0.3, 0.4) is 0 Å². The molecular weight excluding hydrogens is 486 g/mol. The van der Waals surface area contributed by atoms with Crippen molar-refractivity contribution in [2.24, 2.45) is 39.6 Å². The molecule has 37 heavy (non-hydrogen) atoms. The molecule has 0 rings (SSSR count). The Morgan fingerprint density at radius 3 is 1.95 bits per heavy atom. The van der Waals surface area contributed by atoms with Gasteiger partial charge >= 0.3 is 5.97 Å². The molecule has 0 saturated heterocycles. The Balaban J connectivity index is 5.49. The number of amides is 4.